The molecular weight excluding hydrogens is 342 g/mol. The van der Waals surface area contributed by atoms with Crippen LogP contribution in [0.2, 0.25) is 0 Å². The lowest BCUT2D eigenvalue weighted by Gasteiger charge is -2.36. The normalized spacial score (nSPS) is 21.0. The molecule has 2 aromatic rings. The summed E-state index contributed by atoms with van der Waals surface area (Å²) in [6, 6.07) is 9.48. The highest BCUT2D eigenvalue weighted by atomic mass is 32.2. The van der Waals surface area contributed by atoms with Crippen molar-refractivity contribution >= 4 is 10.0 Å². The second kappa shape index (κ2) is 6.21. The Kier molecular flexibility index (Phi) is 4.15. The van der Waals surface area contributed by atoms with Gasteiger partial charge in [0.1, 0.15) is 4.90 Å². The highest BCUT2D eigenvalue weighted by Crippen LogP contribution is 2.33. The zero-order valence-corrected chi connectivity index (χ0v) is 14.9. The molecule has 2 fully saturated rings. The number of nitrogens with zero attached hydrogens (tertiary/aromatic N) is 3. The highest BCUT2D eigenvalue weighted by Gasteiger charge is 2.43. The summed E-state index contributed by atoms with van der Waals surface area (Å²) in [6.07, 6.45) is 2.70. The van der Waals surface area contributed by atoms with Crippen molar-refractivity contribution in [1.82, 2.24) is 14.1 Å². The maximum absolute atomic E-state index is 13.0. The Morgan fingerprint density at radius 1 is 1.08 bits per heavy atom. The third kappa shape index (κ3) is 2.99. The van der Waals surface area contributed by atoms with Crippen LogP contribution in [0.3, 0.4) is 0 Å². The monoisotopic (exact) mass is 363 g/mol. The van der Waals surface area contributed by atoms with Gasteiger partial charge in [0.05, 0.1) is 30.8 Å². The largest absolute Gasteiger partial charge is 0.347 e. The van der Waals surface area contributed by atoms with E-state index in [4.69, 9.17) is 9.47 Å². The maximum Gasteiger partial charge on any atom is 0.246 e. The van der Waals surface area contributed by atoms with Gasteiger partial charge in [-0.25, -0.2) is 13.1 Å². The van der Waals surface area contributed by atoms with E-state index < -0.39 is 15.8 Å². The molecule has 4 rings (SSSR count). The molecule has 1 aromatic heterocycles. The number of para-hydroxylation sites is 1. The summed E-state index contributed by atoms with van der Waals surface area (Å²) in [5.74, 6) is -0.588. The van der Waals surface area contributed by atoms with E-state index in [0.29, 0.717) is 44.8 Å². The van der Waals surface area contributed by atoms with Crippen LogP contribution in [0.25, 0.3) is 5.69 Å². The minimum absolute atomic E-state index is 0.251. The highest BCUT2D eigenvalue weighted by molar-refractivity contribution is 7.89. The van der Waals surface area contributed by atoms with Crippen LogP contribution < -0.4 is 0 Å². The fraction of sp³-hybridized carbons (Fsp3) is 0.471. The van der Waals surface area contributed by atoms with Crippen molar-refractivity contribution < 1.29 is 17.9 Å². The summed E-state index contributed by atoms with van der Waals surface area (Å²) in [4.78, 5) is 0.251. The SMILES string of the molecule is Cc1nn(-c2ccccc2)cc1S(=O)(=O)N1CCC2(CC1)OCCO2. The quantitative estimate of drug-likeness (QED) is 0.830. The van der Waals surface area contributed by atoms with E-state index in [1.165, 1.54) is 4.31 Å². The molecule has 2 aliphatic rings. The smallest absolute Gasteiger partial charge is 0.246 e. The van der Waals surface area contributed by atoms with Gasteiger partial charge in [0.15, 0.2) is 5.79 Å². The standard InChI is InChI=1S/C17H21N3O4S/c1-14-16(13-20(18-14)15-5-3-2-4-6-15)25(21,22)19-9-7-17(8-10-19)23-11-12-24-17/h2-6,13H,7-12H2,1H3. The van der Waals surface area contributed by atoms with Gasteiger partial charge < -0.3 is 9.47 Å². The topological polar surface area (TPSA) is 73.7 Å². The molecule has 0 N–H and O–H groups in total. The van der Waals surface area contributed by atoms with Gasteiger partial charge in [0, 0.05) is 25.9 Å². The molecule has 7 nitrogen and oxygen atoms in total. The van der Waals surface area contributed by atoms with Crippen molar-refractivity contribution in [2.75, 3.05) is 26.3 Å². The molecule has 0 atom stereocenters. The summed E-state index contributed by atoms with van der Waals surface area (Å²) in [5, 5.41) is 4.37. The number of aromatic nitrogens is 2. The third-order valence-electron chi connectivity index (χ3n) is 4.79. The number of piperidine rings is 1. The Hall–Kier alpha value is -1.74. The van der Waals surface area contributed by atoms with Crippen LogP contribution in [0.4, 0.5) is 0 Å². The lowest BCUT2D eigenvalue weighted by molar-refractivity contribution is -0.179. The van der Waals surface area contributed by atoms with Crippen LogP contribution in [0.15, 0.2) is 41.4 Å². The van der Waals surface area contributed by atoms with E-state index in [2.05, 4.69) is 5.10 Å². The molecule has 0 amide bonds. The predicted molar refractivity (Wildman–Crippen MR) is 90.9 cm³/mol. The lowest BCUT2D eigenvalue weighted by atomic mass is 10.1. The lowest BCUT2D eigenvalue weighted by Crippen LogP contribution is -2.47. The molecule has 3 heterocycles. The fourth-order valence-electron chi connectivity index (χ4n) is 3.40. The molecule has 25 heavy (non-hydrogen) atoms. The predicted octanol–water partition coefficient (Wildman–Crippen LogP) is 1.71. The first-order valence-corrected chi connectivity index (χ1v) is 9.84. The van der Waals surface area contributed by atoms with Crippen LogP contribution in [-0.2, 0) is 19.5 Å². The van der Waals surface area contributed by atoms with Crippen molar-refractivity contribution in [3.8, 4) is 5.69 Å². The number of sulfonamides is 1. The molecule has 0 bridgehead atoms. The van der Waals surface area contributed by atoms with Crippen LogP contribution in [0.5, 0.6) is 0 Å². The molecule has 1 aromatic carbocycles. The summed E-state index contributed by atoms with van der Waals surface area (Å²) in [7, 11) is -3.59. The van der Waals surface area contributed by atoms with Gasteiger partial charge in [-0.1, -0.05) is 18.2 Å². The van der Waals surface area contributed by atoms with E-state index in [0.717, 1.165) is 5.69 Å². The average Bonchev–Trinajstić information content (AvgIpc) is 3.23. The number of hydrogen-bond acceptors (Lipinski definition) is 5. The van der Waals surface area contributed by atoms with Crippen molar-refractivity contribution in [3.63, 3.8) is 0 Å². The molecule has 0 unspecified atom stereocenters. The zero-order valence-electron chi connectivity index (χ0n) is 14.1. The Morgan fingerprint density at radius 2 is 1.72 bits per heavy atom. The summed E-state index contributed by atoms with van der Waals surface area (Å²) >= 11 is 0. The summed E-state index contributed by atoms with van der Waals surface area (Å²) < 4.78 is 40.6. The number of benzene rings is 1. The van der Waals surface area contributed by atoms with E-state index in [1.807, 2.05) is 30.3 Å². The maximum atomic E-state index is 13.0. The first kappa shape index (κ1) is 16.7. The van der Waals surface area contributed by atoms with Crippen molar-refractivity contribution in [2.45, 2.75) is 30.4 Å². The number of hydrogen-bond donors (Lipinski definition) is 0. The molecule has 0 radical (unpaired) electrons. The van der Waals surface area contributed by atoms with Crippen LogP contribution in [0, 0.1) is 6.92 Å². The minimum Gasteiger partial charge on any atom is -0.347 e. The Labute approximate surface area is 147 Å². The van der Waals surface area contributed by atoms with E-state index in [9.17, 15) is 8.42 Å². The van der Waals surface area contributed by atoms with Crippen LogP contribution >= 0.6 is 0 Å². The zero-order chi connectivity index (χ0) is 17.5. The molecule has 134 valence electrons. The molecule has 0 saturated carbocycles. The second-order valence-corrected chi connectivity index (χ2v) is 8.28. The van der Waals surface area contributed by atoms with Gasteiger partial charge >= 0.3 is 0 Å². The molecule has 2 aliphatic heterocycles. The second-order valence-electron chi connectivity index (χ2n) is 6.37. The molecule has 1 spiro atoms. The number of ether oxygens (including phenoxy) is 2. The molecule has 0 aliphatic carbocycles. The van der Waals surface area contributed by atoms with Crippen LogP contribution in [0.1, 0.15) is 18.5 Å². The Morgan fingerprint density at radius 3 is 2.36 bits per heavy atom. The third-order valence-corrected chi connectivity index (χ3v) is 6.79. The van der Waals surface area contributed by atoms with E-state index in [-0.39, 0.29) is 4.90 Å². The number of rotatable bonds is 3. The molecule has 2 saturated heterocycles. The fourth-order valence-corrected chi connectivity index (χ4v) is 4.99. The van der Waals surface area contributed by atoms with Gasteiger partial charge in [0.2, 0.25) is 10.0 Å². The van der Waals surface area contributed by atoms with Gasteiger partial charge in [-0.2, -0.15) is 9.40 Å². The van der Waals surface area contributed by atoms with Crippen molar-refractivity contribution in [1.29, 1.82) is 0 Å². The van der Waals surface area contributed by atoms with Crippen molar-refractivity contribution in [2.24, 2.45) is 0 Å². The Bertz CT molecular complexity index is 847. The summed E-state index contributed by atoms with van der Waals surface area (Å²) in [5.41, 5.74) is 1.33. The van der Waals surface area contributed by atoms with Gasteiger partial charge in [-0.15, -0.1) is 0 Å². The molecular formula is C17H21N3O4S. The average molecular weight is 363 g/mol. The van der Waals surface area contributed by atoms with Gasteiger partial charge in [0.25, 0.3) is 0 Å². The first-order chi connectivity index (χ1) is 12.0. The van der Waals surface area contributed by atoms with Crippen LogP contribution in [-0.4, -0.2) is 54.6 Å². The molecule has 8 heteroatoms. The van der Waals surface area contributed by atoms with Crippen molar-refractivity contribution in [3.05, 3.63) is 42.2 Å². The van der Waals surface area contributed by atoms with Gasteiger partial charge in [-0.05, 0) is 19.1 Å². The van der Waals surface area contributed by atoms with Gasteiger partial charge in [-0.3, -0.25) is 0 Å². The number of aryl methyl sites for hydroxylation is 1. The van der Waals surface area contributed by atoms with E-state index >= 15 is 0 Å². The summed E-state index contributed by atoms with van der Waals surface area (Å²) in [6.45, 7) is 3.66. The minimum atomic E-state index is -3.59. The Balaban J connectivity index is 1.58. The first-order valence-electron chi connectivity index (χ1n) is 8.40. The van der Waals surface area contributed by atoms with E-state index in [1.54, 1.807) is 17.8 Å².